The first-order valence-corrected chi connectivity index (χ1v) is 6.34. The first kappa shape index (κ1) is 16.4. The van der Waals surface area contributed by atoms with E-state index < -0.39 is 12.0 Å². The van der Waals surface area contributed by atoms with Crippen molar-refractivity contribution >= 4 is 29.3 Å². The van der Waals surface area contributed by atoms with Crippen molar-refractivity contribution in [1.82, 2.24) is 5.32 Å². The lowest BCUT2D eigenvalue weighted by Gasteiger charge is -2.11. The van der Waals surface area contributed by atoms with Crippen LogP contribution in [0.2, 0.25) is 0 Å². The zero-order valence-electron chi connectivity index (χ0n) is 11.6. The van der Waals surface area contributed by atoms with Gasteiger partial charge >= 0.3 is 12.0 Å². The lowest BCUT2D eigenvalue weighted by atomic mass is 10.1. The van der Waals surface area contributed by atoms with Crippen molar-refractivity contribution in [3.63, 3.8) is 0 Å². The second-order valence-electron chi connectivity index (χ2n) is 4.27. The molecular weight excluding hydrogens is 276 g/mol. The molecule has 0 spiro atoms. The summed E-state index contributed by atoms with van der Waals surface area (Å²) >= 11 is 0. The molecule has 0 heterocycles. The molecule has 0 saturated heterocycles. The van der Waals surface area contributed by atoms with E-state index in [-0.39, 0.29) is 17.2 Å². The summed E-state index contributed by atoms with van der Waals surface area (Å²) in [7, 11) is 0. The monoisotopic (exact) mass is 294 g/mol. The molecule has 1 rings (SSSR count). The average molecular weight is 294 g/mol. The topological polar surface area (TPSA) is 134 Å². The molecule has 6 N–H and O–H groups in total. The first-order valence-electron chi connectivity index (χ1n) is 6.34. The maximum Gasteiger partial charge on any atom is 0.337 e. The molecule has 0 unspecified atom stereocenters. The number of amides is 3. The second-order valence-corrected chi connectivity index (χ2v) is 4.27. The van der Waals surface area contributed by atoms with Gasteiger partial charge in [-0.15, -0.1) is 0 Å². The molecular formula is C13H18N4O4. The minimum absolute atomic E-state index is 0.116. The SMILES string of the molecule is CC(=O)Nc1ccc(NC(=O)NCCCN)c(C(=O)O)c1. The van der Waals surface area contributed by atoms with E-state index in [1.165, 1.54) is 25.1 Å². The van der Waals surface area contributed by atoms with Gasteiger partial charge in [-0.3, -0.25) is 4.79 Å². The van der Waals surface area contributed by atoms with Crippen molar-refractivity contribution in [3.8, 4) is 0 Å². The number of aromatic carboxylic acids is 1. The van der Waals surface area contributed by atoms with Crippen molar-refractivity contribution in [2.24, 2.45) is 5.73 Å². The van der Waals surface area contributed by atoms with Gasteiger partial charge in [0.15, 0.2) is 0 Å². The highest BCUT2D eigenvalue weighted by atomic mass is 16.4. The van der Waals surface area contributed by atoms with Crippen LogP contribution in [0.25, 0.3) is 0 Å². The Bertz CT molecular complexity index is 545. The summed E-state index contributed by atoms with van der Waals surface area (Å²) in [6.45, 7) is 2.16. The zero-order chi connectivity index (χ0) is 15.8. The zero-order valence-corrected chi connectivity index (χ0v) is 11.6. The molecule has 0 bridgehead atoms. The third-order valence-corrected chi connectivity index (χ3v) is 2.49. The fourth-order valence-electron chi connectivity index (χ4n) is 1.58. The number of carbonyl (C=O) groups is 3. The predicted molar refractivity (Wildman–Crippen MR) is 78.4 cm³/mol. The molecule has 0 atom stereocenters. The Balaban J connectivity index is 2.83. The van der Waals surface area contributed by atoms with Gasteiger partial charge in [-0.1, -0.05) is 0 Å². The van der Waals surface area contributed by atoms with Gasteiger partial charge in [0.2, 0.25) is 5.91 Å². The maximum atomic E-state index is 11.6. The Hall–Kier alpha value is -2.61. The number of benzene rings is 1. The number of urea groups is 1. The van der Waals surface area contributed by atoms with E-state index in [2.05, 4.69) is 16.0 Å². The lowest BCUT2D eigenvalue weighted by Crippen LogP contribution is -2.31. The van der Waals surface area contributed by atoms with Crippen molar-refractivity contribution in [3.05, 3.63) is 23.8 Å². The molecule has 0 aliphatic heterocycles. The van der Waals surface area contributed by atoms with Crippen LogP contribution in [0.15, 0.2) is 18.2 Å². The van der Waals surface area contributed by atoms with Crippen LogP contribution in [0.4, 0.5) is 16.2 Å². The number of carboxylic acids is 1. The fourth-order valence-corrected chi connectivity index (χ4v) is 1.58. The number of nitrogens with one attached hydrogen (secondary N) is 3. The van der Waals surface area contributed by atoms with Crippen LogP contribution in [-0.4, -0.2) is 36.1 Å². The molecule has 0 saturated carbocycles. The normalized spacial score (nSPS) is 9.81. The molecule has 1 aromatic rings. The van der Waals surface area contributed by atoms with E-state index in [0.29, 0.717) is 25.2 Å². The molecule has 21 heavy (non-hydrogen) atoms. The maximum absolute atomic E-state index is 11.6. The van der Waals surface area contributed by atoms with Gasteiger partial charge in [0, 0.05) is 19.2 Å². The highest BCUT2D eigenvalue weighted by molar-refractivity contribution is 6.01. The minimum Gasteiger partial charge on any atom is -0.478 e. The summed E-state index contributed by atoms with van der Waals surface area (Å²) in [5.41, 5.74) is 5.67. The second kappa shape index (κ2) is 7.85. The van der Waals surface area contributed by atoms with Crippen LogP contribution in [0.1, 0.15) is 23.7 Å². The van der Waals surface area contributed by atoms with Crippen molar-refractivity contribution in [1.29, 1.82) is 0 Å². The number of anilines is 2. The van der Waals surface area contributed by atoms with Crippen molar-refractivity contribution in [2.45, 2.75) is 13.3 Å². The quantitative estimate of drug-likeness (QED) is 0.495. The van der Waals surface area contributed by atoms with Gasteiger partial charge in [0.1, 0.15) is 0 Å². The van der Waals surface area contributed by atoms with E-state index >= 15 is 0 Å². The molecule has 3 amide bonds. The highest BCUT2D eigenvalue weighted by Gasteiger charge is 2.13. The van der Waals surface area contributed by atoms with Gasteiger partial charge < -0.3 is 26.8 Å². The standard InChI is InChI=1S/C13H18N4O4/c1-8(18)16-9-3-4-11(10(7-9)12(19)20)17-13(21)15-6-2-5-14/h3-4,7H,2,5-6,14H2,1H3,(H,16,18)(H,19,20)(H2,15,17,21). The van der Waals surface area contributed by atoms with Gasteiger partial charge in [0.25, 0.3) is 0 Å². The predicted octanol–water partition coefficient (Wildman–Crippen LogP) is 0.813. The Kier molecular flexibility index (Phi) is 6.15. The largest absolute Gasteiger partial charge is 0.478 e. The van der Waals surface area contributed by atoms with Gasteiger partial charge in [-0.25, -0.2) is 9.59 Å². The molecule has 0 aliphatic carbocycles. The number of rotatable bonds is 6. The number of nitrogens with two attached hydrogens (primary N) is 1. The number of carbonyl (C=O) groups excluding carboxylic acids is 2. The summed E-state index contributed by atoms with van der Waals surface area (Å²) in [6.07, 6.45) is 0.626. The van der Waals surface area contributed by atoms with E-state index in [1.807, 2.05) is 0 Å². The van der Waals surface area contributed by atoms with Crippen molar-refractivity contribution < 1.29 is 19.5 Å². The Morgan fingerprint density at radius 3 is 2.52 bits per heavy atom. The molecule has 8 heteroatoms. The highest BCUT2D eigenvalue weighted by Crippen LogP contribution is 2.20. The number of hydrogen-bond donors (Lipinski definition) is 5. The summed E-state index contributed by atoms with van der Waals surface area (Å²) in [4.78, 5) is 33.8. The van der Waals surface area contributed by atoms with Crippen molar-refractivity contribution in [2.75, 3.05) is 23.7 Å². The molecule has 1 aromatic carbocycles. The molecule has 0 aliphatic rings. The first-order chi connectivity index (χ1) is 9.93. The van der Waals surface area contributed by atoms with Gasteiger partial charge in [-0.05, 0) is 31.2 Å². The van der Waals surface area contributed by atoms with Crippen LogP contribution < -0.4 is 21.7 Å². The molecule has 0 aromatic heterocycles. The Labute approximate surface area is 121 Å². The molecule has 0 fully saturated rings. The van der Waals surface area contributed by atoms with Crippen LogP contribution >= 0.6 is 0 Å². The Morgan fingerprint density at radius 2 is 1.95 bits per heavy atom. The summed E-state index contributed by atoms with van der Waals surface area (Å²) in [5, 5.41) is 16.6. The Morgan fingerprint density at radius 1 is 1.24 bits per heavy atom. The smallest absolute Gasteiger partial charge is 0.337 e. The minimum atomic E-state index is -1.21. The average Bonchev–Trinajstić information content (AvgIpc) is 2.40. The lowest BCUT2D eigenvalue weighted by molar-refractivity contribution is -0.114. The fraction of sp³-hybridized carbons (Fsp3) is 0.308. The van der Waals surface area contributed by atoms with Gasteiger partial charge in [0.05, 0.1) is 11.3 Å². The van der Waals surface area contributed by atoms with Crippen LogP contribution in [0.3, 0.4) is 0 Å². The summed E-state index contributed by atoms with van der Waals surface area (Å²) < 4.78 is 0. The van der Waals surface area contributed by atoms with Crippen LogP contribution in [0.5, 0.6) is 0 Å². The summed E-state index contributed by atoms with van der Waals surface area (Å²) in [6, 6.07) is 3.68. The molecule has 0 radical (unpaired) electrons. The van der Waals surface area contributed by atoms with E-state index in [1.54, 1.807) is 0 Å². The third kappa shape index (κ3) is 5.49. The molecule has 114 valence electrons. The third-order valence-electron chi connectivity index (χ3n) is 2.49. The van der Waals surface area contributed by atoms with E-state index in [9.17, 15) is 14.4 Å². The van der Waals surface area contributed by atoms with E-state index in [4.69, 9.17) is 10.8 Å². The van der Waals surface area contributed by atoms with Crippen LogP contribution in [-0.2, 0) is 4.79 Å². The van der Waals surface area contributed by atoms with Crippen LogP contribution in [0, 0.1) is 0 Å². The summed E-state index contributed by atoms with van der Waals surface area (Å²) in [5.74, 6) is -1.52. The van der Waals surface area contributed by atoms with E-state index in [0.717, 1.165) is 0 Å². The van der Waals surface area contributed by atoms with Gasteiger partial charge in [-0.2, -0.15) is 0 Å². The number of hydrogen-bond acceptors (Lipinski definition) is 4. The molecule has 8 nitrogen and oxygen atoms in total. The number of carboxylic acid groups (broad SMARTS) is 1.